The van der Waals surface area contributed by atoms with Gasteiger partial charge in [-0.3, -0.25) is 9.36 Å². The first-order valence-electron chi connectivity index (χ1n) is 9.99. The smallest absolute Gasteiger partial charge is 0.328 e. The molecule has 0 aliphatic rings. The van der Waals surface area contributed by atoms with Crippen molar-refractivity contribution in [2.45, 2.75) is 25.4 Å². The second-order valence-electron chi connectivity index (χ2n) is 7.05. The maximum Gasteiger partial charge on any atom is 0.328 e. The number of imidazole rings is 1. The van der Waals surface area contributed by atoms with E-state index in [0.29, 0.717) is 30.2 Å². The number of halogens is 2. The van der Waals surface area contributed by atoms with Gasteiger partial charge in [-0.15, -0.1) is 0 Å². The number of carbonyl (C=O) groups is 2. The number of esters is 1. The molecule has 0 aliphatic heterocycles. The number of para-hydroxylation sites is 2. The number of carbonyl (C=O) groups excluding carboxylic acids is 2. The number of amides is 1. The lowest BCUT2D eigenvalue weighted by molar-refractivity contribution is -0.146. The lowest BCUT2D eigenvalue weighted by atomic mass is 10.1. The molecule has 0 aliphatic carbocycles. The summed E-state index contributed by atoms with van der Waals surface area (Å²) in [5, 5.41) is 3.32. The zero-order chi connectivity index (χ0) is 23.1. The van der Waals surface area contributed by atoms with Crippen molar-refractivity contribution < 1.29 is 14.3 Å². The van der Waals surface area contributed by atoms with E-state index in [4.69, 9.17) is 27.9 Å². The van der Waals surface area contributed by atoms with Gasteiger partial charge in [0.25, 0.3) is 5.91 Å². The van der Waals surface area contributed by atoms with Crippen LogP contribution in [0.4, 0.5) is 0 Å². The van der Waals surface area contributed by atoms with Crippen LogP contribution in [0.25, 0.3) is 11.0 Å². The molecule has 2 N–H and O–H groups in total. The van der Waals surface area contributed by atoms with E-state index >= 15 is 0 Å². The molecule has 7 nitrogen and oxygen atoms in total. The third-order valence-corrected chi connectivity index (χ3v) is 6.02. The van der Waals surface area contributed by atoms with Crippen LogP contribution in [0.1, 0.15) is 23.2 Å². The lowest BCUT2D eigenvalue weighted by Crippen LogP contribution is -2.42. The monoisotopic (exact) mass is 495 g/mol. The van der Waals surface area contributed by atoms with E-state index in [1.807, 2.05) is 30.5 Å². The minimum Gasteiger partial charge on any atom is -0.464 e. The number of aromatic nitrogens is 2. The standard InChI is InChI=1S/C22H23Cl2N3O4S/c1-32-12-9-18(25-20(28)15-8-7-14(23)13-16(15)24)21(29)31-11-4-10-27-19-6-3-2-5-17(19)26-22(27)30/h2-3,5-8,13,18H,4,9-12H2,1H3,(H,25,28)(H,26,30)/t18-/m0/s1. The Bertz CT molecular complexity index is 1160. The van der Waals surface area contributed by atoms with Crippen LogP contribution < -0.4 is 11.0 Å². The highest BCUT2D eigenvalue weighted by Gasteiger charge is 2.23. The van der Waals surface area contributed by atoms with Gasteiger partial charge in [0.2, 0.25) is 0 Å². The molecule has 0 unspecified atom stereocenters. The number of hydrogen-bond acceptors (Lipinski definition) is 5. The number of fused-ring (bicyclic) bond motifs is 1. The van der Waals surface area contributed by atoms with Crippen molar-refractivity contribution in [3.8, 4) is 0 Å². The average molecular weight is 496 g/mol. The van der Waals surface area contributed by atoms with Crippen molar-refractivity contribution in [1.82, 2.24) is 14.9 Å². The Morgan fingerprint density at radius 1 is 1.22 bits per heavy atom. The summed E-state index contributed by atoms with van der Waals surface area (Å²) in [7, 11) is 0. The summed E-state index contributed by atoms with van der Waals surface area (Å²) in [6, 6.07) is 11.1. The minimum atomic E-state index is -0.808. The summed E-state index contributed by atoms with van der Waals surface area (Å²) in [5.41, 5.74) is 1.59. The van der Waals surface area contributed by atoms with Gasteiger partial charge < -0.3 is 15.0 Å². The molecule has 1 heterocycles. The largest absolute Gasteiger partial charge is 0.464 e. The van der Waals surface area contributed by atoms with Gasteiger partial charge in [-0.05, 0) is 55.2 Å². The van der Waals surface area contributed by atoms with Crippen LogP contribution in [0.5, 0.6) is 0 Å². The number of thioether (sulfide) groups is 1. The molecule has 0 saturated heterocycles. The van der Waals surface area contributed by atoms with Crippen LogP contribution in [0, 0.1) is 0 Å². The van der Waals surface area contributed by atoms with E-state index in [-0.39, 0.29) is 22.9 Å². The van der Waals surface area contributed by atoms with Gasteiger partial charge in [0.15, 0.2) is 0 Å². The molecule has 0 bridgehead atoms. The summed E-state index contributed by atoms with van der Waals surface area (Å²) >= 11 is 13.5. The summed E-state index contributed by atoms with van der Waals surface area (Å²) in [6.45, 7) is 0.524. The fourth-order valence-electron chi connectivity index (χ4n) is 3.22. The van der Waals surface area contributed by atoms with Crippen LogP contribution in [-0.2, 0) is 16.1 Å². The van der Waals surface area contributed by atoms with Crippen molar-refractivity contribution in [3.05, 3.63) is 68.6 Å². The van der Waals surface area contributed by atoms with Gasteiger partial charge in [0.05, 0.1) is 28.2 Å². The average Bonchev–Trinajstić information content (AvgIpc) is 3.08. The Hall–Kier alpha value is -2.42. The van der Waals surface area contributed by atoms with E-state index in [1.54, 1.807) is 22.4 Å². The van der Waals surface area contributed by atoms with Crippen molar-refractivity contribution in [1.29, 1.82) is 0 Å². The quantitative estimate of drug-likeness (QED) is 0.326. The molecule has 32 heavy (non-hydrogen) atoms. The van der Waals surface area contributed by atoms with Crippen molar-refractivity contribution >= 4 is 57.9 Å². The van der Waals surface area contributed by atoms with E-state index in [1.165, 1.54) is 12.1 Å². The number of ether oxygens (including phenoxy) is 1. The maximum atomic E-state index is 12.6. The number of benzene rings is 2. The first kappa shape index (κ1) is 24.2. The molecule has 0 saturated carbocycles. The van der Waals surface area contributed by atoms with Gasteiger partial charge in [-0.25, -0.2) is 9.59 Å². The molecule has 0 radical (unpaired) electrons. The predicted molar refractivity (Wildman–Crippen MR) is 129 cm³/mol. The molecular formula is C22H23Cl2N3O4S. The molecule has 2 aromatic carbocycles. The highest BCUT2D eigenvalue weighted by atomic mass is 35.5. The molecule has 3 rings (SSSR count). The zero-order valence-electron chi connectivity index (χ0n) is 17.4. The molecule has 10 heteroatoms. The second kappa shape index (κ2) is 11.4. The number of nitrogens with one attached hydrogen (secondary N) is 2. The third kappa shape index (κ3) is 6.09. The topological polar surface area (TPSA) is 93.2 Å². The van der Waals surface area contributed by atoms with E-state index in [0.717, 1.165) is 11.0 Å². The molecule has 1 amide bonds. The lowest BCUT2D eigenvalue weighted by Gasteiger charge is -2.18. The highest BCUT2D eigenvalue weighted by molar-refractivity contribution is 7.98. The zero-order valence-corrected chi connectivity index (χ0v) is 19.7. The van der Waals surface area contributed by atoms with Gasteiger partial charge in [0, 0.05) is 11.6 Å². The Morgan fingerprint density at radius 2 is 2.00 bits per heavy atom. The van der Waals surface area contributed by atoms with Gasteiger partial charge in [-0.2, -0.15) is 11.8 Å². The van der Waals surface area contributed by atoms with E-state index in [9.17, 15) is 14.4 Å². The Balaban J connectivity index is 1.57. The van der Waals surface area contributed by atoms with E-state index in [2.05, 4.69) is 10.3 Å². The highest BCUT2D eigenvalue weighted by Crippen LogP contribution is 2.21. The Morgan fingerprint density at radius 3 is 2.75 bits per heavy atom. The maximum absolute atomic E-state index is 12.6. The normalized spacial score (nSPS) is 12.0. The minimum absolute atomic E-state index is 0.123. The van der Waals surface area contributed by atoms with Crippen LogP contribution in [-0.4, -0.2) is 46.1 Å². The molecule has 170 valence electrons. The molecule has 3 aromatic rings. The van der Waals surface area contributed by atoms with Crippen LogP contribution in [0.3, 0.4) is 0 Å². The summed E-state index contributed by atoms with van der Waals surface area (Å²) in [5.74, 6) is -0.331. The molecular weight excluding hydrogens is 473 g/mol. The van der Waals surface area contributed by atoms with Crippen LogP contribution in [0.15, 0.2) is 47.3 Å². The molecule has 0 spiro atoms. The molecule has 0 fully saturated rings. The second-order valence-corrected chi connectivity index (χ2v) is 8.88. The number of rotatable bonds is 10. The van der Waals surface area contributed by atoms with E-state index < -0.39 is 17.9 Å². The van der Waals surface area contributed by atoms with Crippen LogP contribution >= 0.6 is 35.0 Å². The number of H-pyrrole nitrogens is 1. The number of nitrogens with zero attached hydrogens (tertiary/aromatic N) is 1. The third-order valence-electron chi connectivity index (χ3n) is 4.83. The first-order chi connectivity index (χ1) is 15.4. The summed E-state index contributed by atoms with van der Waals surface area (Å²) in [6.07, 6.45) is 2.79. The predicted octanol–water partition coefficient (Wildman–Crippen LogP) is 4.12. The van der Waals surface area contributed by atoms with Crippen molar-refractivity contribution in [2.75, 3.05) is 18.6 Å². The molecule has 1 atom stereocenters. The SMILES string of the molecule is CSCC[C@H](NC(=O)c1ccc(Cl)cc1Cl)C(=O)OCCCn1c(=O)[nH]c2ccccc21. The Labute approximate surface area is 199 Å². The van der Waals surface area contributed by atoms with Crippen molar-refractivity contribution in [2.24, 2.45) is 0 Å². The van der Waals surface area contributed by atoms with Gasteiger partial charge in [-0.1, -0.05) is 35.3 Å². The number of hydrogen-bond donors (Lipinski definition) is 2. The van der Waals surface area contributed by atoms with Crippen LogP contribution in [0.2, 0.25) is 10.0 Å². The summed E-state index contributed by atoms with van der Waals surface area (Å²) in [4.78, 5) is 40.2. The summed E-state index contributed by atoms with van der Waals surface area (Å²) < 4.78 is 7.00. The Kier molecular flexibility index (Phi) is 8.67. The fraction of sp³-hybridized carbons (Fsp3) is 0.318. The van der Waals surface area contributed by atoms with Gasteiger partial charge in [0.1, 0.15) is 6.04 Å². The fourth-order valence-corrected chi connectivity index (χ4v) is 4.18. The number of aromatic amines is 1. The van der Waals surface area contributed by atoms with Crippen molar-refractivity contribution in [3.63, 3.8) is 0 Å². The molecule has 1 aromatic heterocycles. The number of aryl methyl sites for hydroxylation is 1. The first-order valence-corrected chi connectivity index (χ1v) is 12.1. The van der Waals surface area contributed by atoms with Gasteiger partial charge >= 0.3 is 11.7 Å².